The largest absolute Gasteiger partial charge is 0.371 e. The lowest BCUT2D eigenvalue weighted by Gasteiger charge is -2.19. The van der Waals surface area contributed by atoms with Crippen LogP contribution >= 0.6 is 0 Å². The van der Waals surface area contributed by atoms with Gasteiger partial charge in [-0.25, -0.2) is 14.6 Å². The van der Waals surface area contributed by atoms with Crippen molar-refractivity contribution >= 4 is 16.9 Å². The number of nitrogens with zero attached hydrogens (tertiary/aromatic N) is 6. The molecule has 3 aromatic rings. The van der Waals surface area contributed by atoms with Crippen molar-refractivity contribution < 1.29 is 14.3 Å². The highest BCUT2D eigenvalue weighted by Crippen LogP contribution is 2.24. The molecule has 0 aliphatic carbocycles. The number of rotatable bonds is 3. The van der Waals surface area contributed by atoms with Crippen molar-refractivity contribution in [2.75, 3.05) is 26.3 Å². The zero-order valence-corrected chi connectivity index (χ0v) is 14.7. The summed E-state index contributed by atoms with van der Waals surface area (Å²) in [5.74, 6) is 0.0475. The zero-order valence-electron chi connectivity index (χ0n) is 14.7. The van der Waals surface area contributed by atoms with Gasteiger partial charge in [0.05, 0.1) is 30.6 Å². The Labute approximate surface area is 155 Å². The van der Waals surface area contributed by atoms with Crippen LogP contribution in [0.2, 0.25) is 0 Å². The monoisotopic (exact) mass is 368 g/mol. The average molecular weight is 368 g/mol. The number of hydrogen-bond donors (Lipinski definition) is 0. The van der Waals surface area contributed by atoms with Crippen molar-refractivity contribution in [1.82, 2.24) is 29.2 Å². The second-order valence-electron chi connectivity index (χ2n) is 6.93. The van der Waals surface area contributed by atoms with E-state index >= 15 is 0 Å². The fraction of sp³-hybridized carbons (Fsp3) is 0.444. The standard InChI is InChI=1S/C18H20N6O3/c25-18(7-23-12-20-14-3-1-2-4-15(14)23)22-5-16-17(6-22)27-9-13(8-26-16)24-11-19-10-21-24/h1-4,10-13,16-17H,5-9H2/t16-,17-/m0/s1. The maximum Gasteiger partial charge on any atom is 0.242 e. The summed E-state index contributed by atoms with van der Waals surface area (Å²) in [4.78, 5) is 22.9. The second-order valence-corrected chi connectivity index (χ2v) is 6.93. The van der Waals surface area contributed by atoms with Gasteiger partial charge in [0.2, 0.25) is 5.91 Å². The van der Waals surface area contributed by atoms with Crippen LogP contribution in [0.4, 0.5) is 0 Å². The van der Waals surface area contributed by atoms with Crippen LogP contribution in [-0.2, 0) is 20.8 Å². The van der Waals surface area contributed by atoms with Gasteiger partial charge in [-0.15, -0.1) is 0 Å². The molecule has 2 aliphatic rings. The molecule has 1 aromatic carbocycles. The summed E-state index contributed by atoms with van der Waals surface area (Å²) in [5.41, 5.74) is 1.85. The molecule has 1 amide bonds. The Morgan fingerprint density at radius 3 is 2.63 bits per heavy atom. The number of para-hydroxylation sites is 2. The molecule has 2 atom stereocenters. The van der Waals surface area contributed by atoms with Crippen molar-refractivity contribution in [3.63, 3.8) is 0 Å². The van der Waals surface area contributed by atoms with Crippen LogP contribution < -0.4 is 0 Å². The van der Waals surface area contributed by atoms with E-state index in [2.05, 4.69) is 15.1 Å². The minimum atomic E-state index is -0.109. The summed E-state index contributed by atoms with van der Waals surface area (Å²) in [6, 6.07) is 7.82. The van der Waals surface area contributed by atoms with Crippen LogP contribution in [0, 0.1) is 0 Å². The fourth-order valence-electron chi connectivity index (χ4n) is 3.73. The number of imidazole rings is 1. The van der Waals surface area contributed by atoms with Gasteiger partial charge in [-0.2, -0.15) is 5.10 Å². The molecule has 140 valence electrons. The summed E-state index contributed by atoms with van der Waals surface area (Å²) in [7, 11) is 0. The third kappa shape index (κ3) is 3.08. The van der Waals surface area contributed by atoms with E-state index in [9.17, 15) is 4.79 Å². The molecule has 0 bridgehead atoms. The van der Waals surface area contributed by atoms with Gasteiger partial charge >= 0.3 is 0 Å². The van der Waals surface area contributed by atoms with E-state index in [4.69, 9.17) is 9.47 Å². The number of likely N-dealkylation sites (tertiary alicyclic amines) is 1. The minimum absolute atomic E-state index is 0.0135. The summed E-state index contributed by atoms with van der Waals surface area (Å²) in [6.45, 7) is 2.35. The van der Waals surface area contributed by atoms with E-state index in [1.807, 2.05) is 33.7 Å². The maximum absolute atomic E-state index is 12.8. The molecule has 0 spiro atoms. The number of aromatic nitrogens is 5. The predicted molar refractivity (Wildman–Crippen MR) is 94.9 cm³/mol. The third-order valence-electron chi connectivity index (χ3n) is 5.22. The van der Waals surface area contributed by atoms with Crippen LogP contribution in [0.25, 0.3) is 11.0 Å². The van der Waals surface area contributed by atoms with E-state index in [1.165, 1.54) is 6.33 Å². The van der Waals surface area contributed by atoms with Gasteiger partial charge in [0.1, 0.15) is 37.4 Å². The molecular formula is C18H20N6O3. The Bertz CT molecular complexity index is 924. The molecule has 0 N–H and O–H groups in total. The Morgan fingerprint density at radius 2 is 1.89 bits per heavy atom. The quantitative estimate of drug-likeness (QED) is 0.669. The summed E-state index contributed by atoms with van der Waals surface area (Å²) in [6.07, 6.45) is 4.67. The summed E-state index contributed by atoms with van der Waals surface area (Å²) in [5, 5.41) is 4.16. The van der Waals surface area contributed by atoms with Crippen LogP contribution in [0.1, 0.15) is 6.04 Å². The van der Waals surface area contributed by atoms with Crippen molar-refractivity contribution in [3.8, 4) is 0 Å². The van der Waals surface area contributed by atoms with Crippen molar-refractivity contribution in [1.29, 1.82) is 0 Å². The first-order valence-corrected chi connectivity index (χ1v) is 9.03. The van der Waals surface area contributed by atoms with Crippen LogP contribution in [0.3, 0.4) is 0 Å². The smallest absolute Gasteiger partial charge is 0.242 e. The molecule has 0 unspecified atom stereocenters. The van der Waals surface area contributed by atoms with Crippen molar-refractivity contribution in [2.24, 2.45) is 0 Å². The lowest BCUT2D eigenvalue weighted by molar-refractivity contribution is -0.131. The first-order chi connectivity index (χ1) is 13.3. The molecule has 9 nitrogen and oxygen atoms in total. The van der Waals surface area contributed by atoms with Gasteiger partial charge in [-0.05, 0) is 12.1 Å². The predicted octanol–water partition coefficient (Wildman–Crippen LogP) is 0.495. The normalized spacial score (nSPS) is 23.5. The topological polar surface area (TPSA) is 87.3 Å². The van der Waals surface area contributed by atoms with Gasteiger partial charge < -0.3 is 18.9 Å². The molecule has 2 aliphatic heterocycles. The summed E-state index contributed by atoms with van der Waals surface area (Å²) < 4.78 is 15.7. The molecule has 0 radical (unpaired) electrons. The first-order valence-electron chi connectivity index (χ1n) is 9.03. The molecule has 0 saturated carbocycles. The van der Waals surface area contributed by atoms with E-state index in [1.54, 1.807) is 17.3 Å². The van der Waals surface area contributed by atoms with E-state index in [-0.39, 0.29) is 30.7 Å². The molecular weight excluding hydrogens is 348 g/mol. The SMILES string of the molecule is O=C(Cn1cnc2ccccc21)N1C[C@@H]2OCC(n3cncn3)CO[C@H]2C1. The molecule has 27 heavy (non-hydrogen) atoms. The number of amides is 1. The molecule has 2 saturated heterocycles. The van der Waals surface area contributed by atoms with Crippen LogP contribution in [-0.4, -0.2) is 73.6 Å². The number of fused-ring (bicyclic) bond motifs is 2. The number of benzene rings is 1. The fourth-order valence-corrected chi connectivity index (χ4v) is 3.73. The highest BCUT2D eigenvalue weighted by atomic mass is 16.6. The summed E-state index contributed by atoms with van der Waals surface area (Å²) >= 11 is 0. The Kier molecular flexibility index (Phi) is 4.10. The van der Waals surface area contributed by atoms with E-state index in [0.29, 0.717) is 26.3 Å². The molecule has 4 heterocycles. The van der Waals surface area contributed by atoms with Crippen molar-refractivity contribution in [2.45, 2.75) is 24.8 Å². The van der Waals surface area contributed by atoms with Crippen LogP contribution in [0.15, 0.2) is 43.2 Å². The number of carbonyl (C=O) groups is 1. The van der Waals surface area contributed by atoms with Crippen LogP contribution in [0.5, 0.6) is 0 Å². The molecule has 5 rings (SSSR count). The third-order valence-corrected chi connectivity index (χ3v) is 5.22. The Balaban J connectivity index is 1.23. The highest BCUT2D eigenvalue weighted by Gasteiger charge is 2.39. The zero-order chi connectivity index (χ0) is 18.2. The van der Waals surface area contributed by atoms with Crippen molar-refractivity contribution in [3.05, 3.63) is 43.2 Å². The Hall–Kier alpha value is -2.78. The Morgan fingerprint density at radius 1 is 1.11 bits per heavy atom. The average Bonchev–Trinajstić information content (AvgIpc) is 3.41. The van der Waals surface area contributed by atoms with Gasteiger partial charge in [0.25, 0.3) is 0 Å². The lowest BCUT2D eigenvalue weighted by Crippen LogP contribution is -2.33. The minimum Gasteiger partial charge on any atom is -0.371 e. The molecule has 2 fully saturated rings. The number of ether oxygens (including phenoxy) is 2. The van der Waals surface area contributed by atoms with Gasteiger partial charge in [0, 0.05) is 13.1 Å². The van der Waals surface area contributed by atoms with E-state index in [0.717, 1.165) is 11.0 Å². The van der Waals surface area contributed by atoms with Gasteiger partial charge in [0.15, 0.2) is 0 Å². The maximum atomic E-state index is 12.8. The highest BCUT2D eigenvalue weighted by molar-refractivity contribution is 5.80. The second kappa shape index (κ2) is 6.75. The lowest BCUT2D eigenvalue weighted by atomic mass is 10.3. The molecule has 9 heteroatoms. The van der Waals surface area contributed by atoms with E-state index < -0.39 is 0 Å². The first kappa shape index (κ1) is 16.4. The van der Waals surface area contributed by atoms with Gasteiger partial charge in [-0.3, -0.25) is 4.79 Å². The number of carbonyl (C=O) groups excluding carboxylic acids is 1. The van der Waals surface area contributed by atoms with Gasteiger partial charge in [-0.1, -0.05) is 12.1 Å². The number of hydrogen-bond acceptors (Lipinski definition) is 6. The molecule has 2 aromatic heterocycles.